The number of ether oxygens (including phenoxy) is 1. The fourth-order valence-electron chi connectivity index (χ4n) is 1.63. The number of nitrogens with one attached hydrogen (secondary N) is 1. The van der Waals surface area contributed by atoms with Gasteiger partial charge in [0, 0.05) is 18.3 Å². The number of hydrogen-bond donors (Lipinski definition) is 1. The summed E-state index contributed by atoms with van der Waals surface area (Å²) < 4.78 is 5.77. The molecule has 3 nitrogen and oxygen atoms in total. The molecule has 0 radical (unpaired) electrons. The fraction of sp³-hybridized carbons (Fsp3) is 0.583. The van der Waals surface area contributed by atoms with Crippen LogP contribution in [0.4, 0.5) is 5.82 Å². The summed E-state index contributed by atoms with van der Waals surface area (Å²) in [5, 5.41) is 3.24. The van der Waals surface area contributed by atoms with Gasteiger partial charge >= 0.3 is 0 Å². The first kappa shape index (κ1) is 10.4. The fourth-order valence-corrected chi connectivity index (χ4v) is 1.63. The number of aromatic nitrogens is 1. The predicted molar refractivity (Wildman–Crippen MR) is 60.8 cm³/mol. The van der Waals surface area contributed by atoms with E-state index >= 15 is 0 Å². The Balaban J connectivity index is 1.92. The lowest BCUT2D eigenvalue weighted by atomic mass is 9.96. The molecular weight excluding hydrogens is 188 g/mol. The summed E-state index contributed by atoms with van der Waals surface area (Å²) in [6.45, 7) is 3.65. The van der Waals surface area contributed by atoms with E-state index in [1.54, 1.807) is 0 Å². The number of anilines is 1. The molecule has 1 aromatic rings. The first-order valence-electron chi connectivity index (χ1n) is 5.69. The van der Waals surface area contributed by atoms with Gasteiger partial charge in [-0.05, 0) is 32.3 Å². The minimum absolute atomic E-state index is 0.486. The molecule has 1 aliphatic carbocycles. The molecule has 0 bridgehead atoms. The van der Waals surface area contributed by atoms with Crippen LogP contribution in [-0.4, -0.2) is 17.6 Å². The first-order chi connectivity index (χ1) is 7.40. The van der Waals surface area contributed by atoms with Gasteiger partial charge in [0.15, 0.2) is 0 Å². The molecule has 2 rings (SSSR count). The van der Waals surface area contributed by atoms with Gasteiger partial charge in [0.2, 0.25) is 0 Å². The molecule has 0 unspecified atom stereocenters. The zero-order valence-electron chi connectivity index (χ0n) is 9.20. The summed E-state index contributed by atoms with van der Waals surface area (Å²) in [6.07, 6.45) is 6.05. The highest BCUT2D eigenvalue weighted by molar-refractivity contribution is 5.42. The molecule has 1 N–H and O–H groups in total. The van der Waals surface area contributed by atoms with Crippen molar-refractivity contribution in [2.24, 2.45) is 0 Å². The molecular formula is C12H18N2O. The quantitative estimate of drug-likeness (QED) is 0.804. The Morgan fingerprint density at radius 1 is 1.53 bits per heavy atom. The summed E-state index contributed by atoms with van der Waals surface area (Å²) >= 11 is 0. The van der Waals surface area contributed by atoms with E-state index in [0.717, 1.165) is 17.9 Å². The topological polar surface area (TPSA) is 34.2 Å². The lowest BCUT2D eigenvalue weighted by Gasteiger charge is -2.25. The number of nitrogens with zero attached hydrogens (tertiary/aromatic N) is 1. The molecule has 0 saturated heterocycles. The minimum Gasteiger partial charge on any atom is -0.373 e. The van der Waals surface area contributed by atoms with Crippen LogP contribution in [0.15, 0.2) is 18.3 Å². The Kier molecular flexibility index (Phi) is 3.56. The second-order valence-electron chi connectivity index (χ2n) is 3.91. The lowest BCUT2D eigenvalue weighted by Crippen LogP contribution is -2.21. The van der Waals surface area contributed by atoms with Crippen LogP contribution in [0.2, 0.25) is 0 Å². The van der Waals surface area contributed by atoms with Crippen LogP contribution < -0.4 is 5.32 Å². The van der Waals surface area contributed by atoms with Gasteiger partial charge in [-0.25, -0.2) is 4.98 Å². The Bertz CT molecular complexity index is 310. The highest BCUT2D eigenvalue weighted by atomic mass is 16.5. The molecule has 82 valence electrons. The van der Waals surface area contributed by atoms with Gasteiger partial charge in [-0.15, -0.1) is 0 Å². The average Bonchev–Trinajstić information content (AvgIpc) is 2.18. The van der Waals surface area contributed by atoms with E-state index in [9.17, 15) is 0 Å². The van der Waals surface area contributed by atoms with E-state index in [0.29, 0.717) is 12.7 Å². The normalized spacial score (nSPS) is 16.1. The van der Waals surface area contributed by atoms with Gasteiger partial charge < -0.3 is 10.1 Å². The van der Waals surface area contributed by atoms with Gasteiger partial charge in [-0.3, -0.25) is 0 Å². The maximum absolute atomic E-state index is 5.77. The second-order valence-corrected chi connectivity index (χ2v) is 3.91. The van der Waals surface area contributed by atoms with Crippen LogP contribution in [0.3, 0.4) is 0 Å². The molecule has 15 heavy (non-hydrogen) atoms. The van der Waals surface area contributed by atoms with Crippen molar-refractivity contribution in [2.75, 3.05) is 11.9 Å². The molecule has 1 heterocycles. The largest absolute Gasteiger partial charge is 0.373 e. The third-order valence-corrected chi connectivity index (χ3v) is 2.76. The number of pyridine rings is 1. The van der Waals surface area contributed by atoms with Crippen LogP contribution >= 0.6 is 0 Å². The summed E-state index contributed by atoms with van der Waals surface area (Å²) in [7, 11) is 0. The number of hydrogen-bond acceptors (Lipinski definition) is 3. The van der Waals surface area contributed by atoms with Crippen molar-refractivity contribution < 1.29 is 4.74 Å². The second kappa shape index (κ2) is 5.12. The van der Waals surface area contributed by atoms with E-state index < -0.39 is 0 Å². The smallest absolute Gasteiger partial charge is 0.131 e. The van der Waals surface area contributed by atoms with Gasteiger partial charge in [0.1, 0.15) is 5.82 Å². The summed E-state index contributed by atoms with van der Waals surface area (Å²) in [5.74, 6) is 0.958. The van der Waals surface area contributed by atoms with Gasteiger partial charge in [0.25, 0.3) is 0 Å². The van der Waals surface area contributed by atoms with Crippen LogP contribution in [0, 0.1) is 0 Å². The van der Waals surface area contributed by atoms with Crippen molar-refractivity contribution in [1.82, 2.24) is 4.98 Å². The molecule has 1 fully saturated rings. The molecule has 0 amide bonds. The Labute approximate surface area is 90.9 Å². The van der Waals surface area contributed by atoms with Crippen molar-refractivity contribution >= 4 is 5.82 Å². The predicted octanol–water partition coefficient (Wildman–Crippen LogP) is 2.58. The molecule has 0 atom stereocenters. The third kappa shape index (κ3) is 2.69. The Morgan fingerprint density at radius 3 is 3.07 bits per heavy atom. The Morgan fingerprint density at radius 2 is 2.40 bits per heavy atom. The minimum atomic E-state index is 0.486. The van der Waals surface area contributed by atoms with Gasteiger partial charge in [-0.2, -0.15) is 0 Å². The maximum Gasteiger partial charge on any atom is 0.131 e. The molecule has 1 saturated carbocycles. The molecule has 1 aliphatic rings. The van der Waals surface area contributed by atoms with E-state index in [4.69, 9.17) is 4.74 Å². The third-order valence-electron chi connectivity index (χ3n) is 2.76. The number of rotatable bonds is 5. The summed E-state index contributed by atoms with van der Waals surface area (Å²) in [4.78, 5) is 4.30. The highest BCUT2D eigenvalue weighted by Crippen LogP contribution is 2.24. The first-order valence-corrected chi connectivity index (χ1v) is 5.69. The average molecular weight is 206 g/mol. The Hall–Kier alpha value is -1.09. The summed E-state index contributed by atoms with van der Waals surface area (Å²) in [5.41, 5.74) is 1.16. The van der Waals surface area contributed by atoms with Crippen molar-refractivity contribution in [1.29, 1.82) is 0 Å². The van der Waals surface area contributed by atoms with Crippen molar-refractivity contribution in [3.8, 4) is 0 Å². The molecule has 0 aromatic carbocycles. The molecule has 3 heteroatoms. The zero-order chi connectivity index (χ0) is 10.5. The lowest BCUT2D eigenvalue weighted by molar-refractivity contribution is -0.00851. The van der Waals surface area contributed by atoms with E-state index in [1.807, 2.05) is 12.3 Å². The van der Waals surface area contributed by atoms with E-state index in [-0.39, 0.29) is 0 Å². The monoisotopic (exact) mass is 206 g/mol. The van der Waals surface area contributed by atoms with Crippen LogP contribution in [0.25, 0.3) is 0 Å². The van der Waals surface area contributed by atoms with E-state index in [2.05, 4.69) is 23.3 Å². The SMILES string of the molecule is CCNc1ncccc1COC1CCC1. The molecule has 0 spiro atoms. The van der Waals surface area contributed by atoms with Crippen LogP contribution in [-0.2, 0) is 11.3 Å². The van der Waals surface area contributed by atoms with Gasteiger partial charge in [-0.1, -0.05) is 6.07 Å². The van der Waals surface area contributed by atoms with Crippen molar-refractivity contribution in [2.45, 2.75) is 38.9 Å². The van der Waals surface area contributed by atoms with Crippen molar-refractivity contribution in [3.05, 3.63) is 23.9 Å². The molecule has 1 aromatic heterocycles. The van der Waals surface area contributed by atoms with E-state index in [1.165, 1.54) is 19.3 Å². The summed E-state index contributed by atoms with van der Waals surface area (Å²) in [6, 6.07) is 4.03. The standard InChI is InChI=1S/C12H18N2O/c1-2-13-12-10(5-4-8-14-12)9-15-11-6-3-7-11/h4-5,8,11H,2-3,6-7,9H2,1H3,(H,13,14). The van der Waals surface area contributed by atoms with Crippen molar-refractivity contribution in [3.63, 3.8) is 0 Å². The zero-order valence-corrected chi connectivity index (χ0v) is 9.20. The van der Waals surface area contributed by atoms with Crippen LogP contribution in [0.5, 0.6) is 0 Å². The van der Waals surface area contributed by atoms with Crippen LogP contribution in [0.1, 0.15) is 31.7 Å². The highest BCUT2D eigenvalue weighted by Gasteiger charge is 2.18. The maximum atomic E-state index is 5.77. The van der Waals surface area contributed by atoms with Gasteiger partial charge in [0.05, 0.1) is 12.7 Å². The molecule has 0 aliphatic heterocycles.